The molecule has 30 heavy (non-hydrogen) atoms. The molecule has 1 amide bonds. The highest BCUT2D eigenvalue weighted by atomic mass is 32.2. The van der Waals surface area contributed by atoms with E-state index in [1.165, 1.54) is 17.5 Å². The van der Waals surface area contributed by atoms with E-state index in [4.69, 9.17) is 4.74 Å². The third-order valence-electron chi connectivity index (χ3n) is 6.02. The van der Waals surface area contributed by atoms with Crippen molar-refractivity contribution in [3.05, 3.63) is 53.6 Å². The number of benzene rings is 2. The van der Waals surface area contributed by atoms with Crippen LogP contribution in [0.3, 0.4) is 0 Å². The van der Waals surface area contributed by atoms with Crippen molar-refractivity contribution in [1.29, 1.82) is 0 Å². The predicted octanol–water partition coefficient (Wildman–Crippen LogP) is 3.85. The van der Waals surface area contributed by atoms with Crippen molar-refractivity contribution in [2.45, 2.75) is 50.0 Å². The Kier molecular flexibility index (Phi) is 5.84. The maximum atomic E-state index is 13.4. The highest BCUT2D eigenvalue weighted by Gasteiger charge is 2.33. The van der Waals surface area contributed by atoms with Crippen LogP contribution in [0.25, 0.3) is 0 Å². The molecule has 2 aromatic carbocycles. The second-order valence-corrected chi connectivity index (χ2v) is 9.95. The smallest absolute Gasteiger partial charge is 0.258 e. The van der Waals surface area contributed by atoms with Crippen LogP contribution in [0.15, 0.2) is 47.4 Å². The number of hydrogen-bond donors (Lipinski definition) is 0. The van der Waals surface area contributed by atoms with Crippen LogP contribution in [0, 0.1) is 0 Å². The monoisotopic (exact) mass is 428 g/mol. The van der Waals surface area contributed by atoms with Crippen LogP contribution in [0.4, 0.5) is 5.69 Å². The first kappa shape index (κ1) is 20.9. The highest BCUT2D eigenvalue weighted by molar-refractivity contribution is 7.89. The van der Waals surface area contributed by atoms with E-state index in [0.29, 0.717) is 18.7 Å². The number of nitrogens with zero attached hydrogens (tertiary/aromatic N) is 2. The van der Waals surface area contributed by atoms with E-state index in [9.17, 15) is 13.2 Å². The number of rotatable bonds is 4. The van der Waals surface area contributed by atoms with E-state index in [0.717, 1.165) is 43.4 Å². The van der Waals surface area contributed by atoms with Gasteiger partial charge >= 0.3 is 0 Å². The van der Waals surface area contributed by atoms with Crippen molar-refractivity contribution in [1.82, 2.24) is 4.31 Å². The zero-order valence-corrected chi connectivity index (χ0v) is 18.3. The molecule has 2 aliphatic heterocycles. The van der Waals surface area contributed by atoms with Crippen LogP contribution in [-0.4, -0.2) is 44.9 Å². The van der Waals surface area contributed by atoms with Gasteiger partial charge in [0.1, 0.15) is 10.6 Å². The minimum Gasteiger partial charge on any atom is -0.495 e. The van der Waals surface area contributed by atoms with Gasteiger partial charge in [-0.3, -0.25) is 4.79 Å². The summed E-state index contributed by atoms with van der Waals surface area (Å²) in [6.45, 7) is 3.01. The number of ether oxygens (including phenoxy) is 1. The summed E-state index contributed by atoms with van der Waals surface area (Å²) in [5, 5.41) is 0. The maximum absolute atomic E-state index is 13.4. The van der Waals surface area contributed by atoms with Crippen LogP contribution in [-0.2, 0) is 16.4 Å². The van der Waals surface area contributed by atoms with E-state index < -0.39 is 10.0 Å². The van der Waals surface area contributed by atoms with Gasteiger partial charge in [-0.2, -0.15) is 4.31 Å². The van der Waals surface area contributed by atoms with Crippen molar-refractivity contribution < 1.29 is 17.9 Å². The number of anilines is 1. The summed E-state index contributed by atoms with van der Waals surface area (Å²) in [4.78, 5) is 15.2. The largest absolute Gasteiger partial charge is 0.495 e. The second-order valence-electron chi connectivity index (χ2n) is 8.04. The molecule has 7 heteroatoms. The molecule has 0 unspecified atom stereocenters. The number of carbonyl (C=O) groups excluding carboxylic acids is 1. The normalized spacial score (nSPS) is 19.9. The molecular formula is C23H28N2O4S. The molecule has 0 spiro atoms. The Hall–Kier alpha value is -2.38. The quantitative estimate of drug-likeness (QED) is 0.742. The van der Waals surface area contributed by atoms with Gasteiger partial charge < -0.3 is 9.64 Å². The summed E-state index contributed by atoms with van der Waals surface area (Å²) in [6, 6.07) is 12.6. The molecule has 6 nitrogen and oxygen atoms in total. The molecule has 1 saturated heterocycles. The Balaban J connectivity index is 1.72. The van der Waals surface area contributed by atoms with E-state index in [2.05, 4.69) is 0 Å². The lowest BCUT2D eigenvalue weighted by Crippen LogP contribution is -2.36. The first-order chi connectivity index (χ1) is 14.4. The zero-order valence-electron chi connectivity index (χ0n) is 17.5. The summed E-state index contributed by atoms with van der Waals surface area (Å²) in [6.07, 6.45) is 4.56. The third kappa shape index (κ3) is 3.72. The van der Waals surface area contributed by atoms with Gasteiger partial charge in [0.2, 0.25) is 10.0 Å². The topological polar surface area (TPSA) is 66.9 Å². The van der Waals surface area contributed by atoms with Crippen LogP contribution >= 0.6 is 0 Å². The highest BCUT2D eigenvalue weighted by Crippen LogP contribution is 2.35. The lowest BCUT2D eigenvalue weighted by atomic mass is 10.1. The van der Waals surface area contributed by atoms with Crippen molar-refractivity contribution in [2.75, 3.05) is 25.1 Å². The number of hydrogen-bond acceptors (Lipinski definition) is 4. The van der Waals surface area contributed by atoms with Gasteiger partial charge in [-0.1, -0.05) is 31.0 Å². The van der Waals surface area contributed by atoms with Crippen molar-refractivity contribution in [2.24, 2.45) is 0 Å². The average Bonchev–Trinajstić information content (AvgIpc) is 2.91. The minimum absolute atomic E-state index is 0.0164. The number of para-hydroxylation sites is 1. The fraction of sp³-hybridized carbons (Fsp3) is 0.435. The second kappa shape index (κ2) is 8.40. The summed E-state index contributed by atoms with van der Waals surface area (Å²) in [5.41, 5.74) is 2.37. The Morgan fingerprint density at radius 3 is 2.43 bits per heavy atom. The van der Waals surface area contributed by atoms with Crippen LogP contribution < -0.4 is 9.64 Å². The fourth-order valence-electron chi connectivity index (χ4n) is 4.45. The number of methoxy groups -OCH3 is 1. The van der Waals surface area contributed by atoms with Gasteiger partial charge in [0.05, 0.1) is 7.11 Å². The molecule has 1 atom stereocenters. The molecule has 1 fully saturated rings. The first-order valence-corrected chi connectivity index (χ1v) is 12.0. The lowest BCUT2D eigenvalue weighted by Gasteiger charge is -2.24. The van der Waals surface area contributed by atoms with E-state index in [1.807, 2.05) is 31.2 Å². The number of amides is 1. The summed E-state index contributed by atoms with van der Waals surface area (Å²) in [7, 11) is -2.29. The molecule has 0 radical (unpaired) electrons. The van der Waals surface area contributed by atoms with Crippen LogP contribution in [0.1, 0.15) is 48.5 Å². The van der Waals surface area contributed by atoms with Crippen molar-refractivity contribution in [3.8, 4) is 5.75 Å². The van der Waals surface area contributed by atoms with Crippen LogP contribution in [0.5, 0.6) is 5.75 Å². The number of fused-ring (bicyclic) bond motifs is 1. The lowest BCUT2D eigenvalue weighted by molar-refractivity contribution is 0.0981. The van der Waals surface area contributed by atoms with Gasteiger partial charge in [0.25, 0.3) is 5.91 Å². The molecule has 0 aliphatic carbocycles. The zero-order chi connectivity index (χ0) is 21.3. The average molecular weight is 429 g/mol. The Morgan fingerprint density at radius 1 is 1.03 bits per heavy atom. The van der Waals surface area contributed by atoms with Gasteiger partial charge in [-0.15, -0.1) is 0 Å². The number of sulfonamides is 1. The molecule has 2 aromatic rings. The van der Waals surface area contributed by atoms with Gasteiger partial charge in [-0.25, -0.2) is 8.42 Å². The molecule has 2 aliphatic rings. The molecule has 0 bridgehead atoms. The molecule has 0 N–H and O–H groups in total. The van der Waals surface area contributed by atoms with Crippen LogP contribution in [0.2, 0.25) is 0 Å². The first-order valence-electron chi connectivity index (χ1n) is 10.5. The molecular weight excluding hydrogens is 400 g/mol. The van der Waals surface area contributed by atoms with E-state index >= 15 is 0 Å². The Labute approximate surface area is 178 Å². The number of carbonyl (C=O) groups is 1. The summed E-state index contributed by atoms with van der Waals surface area (Å²) in [5.74, 6) is 0.0769. The van der Waals surface area contributed by atoms with Crippen molar-refractivity contribution in [3.63, 3.8) is 0 Å². The standard InChI is InChI=1S/C23H28N2O4S/c1-17-15-18-9-5-6-10-20(18)25(17)23(26)19-11-12-21(29-2)22(16-19)30(27,28)24-13-7-3-4-8-14-24/h5-6,9-12,16-17H,3-4,7-8,13-15H2,1-2H3/t17-/m1/s1. The summed E-state index contributed by atoms with van der Waals surface area (Å²) >= 11 is 0. The molecule has 4 rings (SSSR count). The third-order valence-corrected chi connectivity index (χ3v) is 7.94. The molecule has 2 heterocycles. The van der Waals surface area contributed by atoms with Gasteiger partial charge in [0, 0.05) is 30.4 Å². The SMILES string of the molecule is COc1ccc(C(=O)N2c3ccccc3C[C@H]2C)cc1S(=O)(=O)N1CCCCCC1. The Morgan fingerprint density at radius 2 is 1.73 bits per heavy atom. The van der Waals surface area contributed by atoms with E-state index in [-0.39, 0.29) is 22.6 Å². The molecule has 160 valence electrons. The van der Waals surface area contributed by atoms with Crippen molar-refractivity contribution >= 4 is 21.6 Å². The maximum Gasteiger partial charge on any atom is 0.258 e. The molecule has 0 saturated carbocycles. The molecule has 0 aromatic heterocycles. The van der Waals surface area contributed by atoms with E-state index in [1.54, 1.807) is 17.0 Å². The Bertz CT molecular complexity index is 1040. The predicted molar refractivity (Wildman–Crippen MR) is 117 cm³/mol. The van der Waals surface area contributed by atoms with Gasteiger partial charge in [0.15, 0.2) is 0 Å². The van der Waals surface area contributed by atoms with Gasteiger partial charge in [-0.05, 0) is 56.0 Å². The fourth-order valence-corrected chi connectivity index (χ4v) is 6.15. The minimum atomic E-state index is -3.74. The summed E-state index contributed by atoms with van der Waals surface area (Å²) < 4.78 is 33.7.